The standard InChI is InChI=1S/C27H28N2O5/c1-4-32-21-13-9-20(10-14-21)28-25-24(19-7-11-22(12-8-19)34-17-18(2)3)26(30)29(27(25)31)16-23-6-5-15-33-23/h5-15,18,28H,4,16-17H2,1-3H3. The van der Waals surface area contributed by atoms with Crippen LogP contribution in [0, 0.1) is 5.92 Å². The van der Waals surface area contributed by atoms with E-state index in [1.807, 2.05) is 43.3 Å². The number of carbonyl (C=O) groups is 2. The Hall–Kier alpha value is -4.00. The van der Waals surface area contributed by atoms with E-state index in [1.54, 1.807) is 24.3 Å². The molecule has 7 heteroatoms. The van der Waals surface area contributed by atoms with Gasteiger partial charge in [0.25, 0.3) is 11.8 Å². The van der Waals surface area contributed by atoms with E-state index < -0.39 is 5.91 Å². The second-order valence-corrected chi connectivity index (χ2v) is 8.34. The summed E-state index contributed by atoms with van der Waals surface area (Å²) in [5.41, 5.74) is 1.83. The van der Waals surface area contributed by atoms with E-state index >= 15 is 0 Å². The third-order valence-electron chi connectivity index (χ3n) is 5.22. The molecule has 4 rings (SSSR count). The fraction of sp³-hybridized carbons (Fsp3) is 0.259. The van der Waals surface area contributed by atoms with Crippen molar-refractivity contribution in [2.24, 2.45) is 5.92 Å². The van der Waals surface area contributed by atoms with Gasteiger partial charge >= 0.3 is 0 Å². The molecule has 0 spiro atoms. The summed E-state index contributed by atoms with van der Waals surface area (Å²) in [5, 5.41) is 3.15. The average Bonchev–Trinajstić information content (AvgIpc) is 3.42. The van der Waals surface area contributed by atoms with Gasteiger partial charge in [-0.3, -0.25) is 14.5 Å². The highest BCUT2D eigenvalue weighted by Crippen LogP contribution is 2.32. The van der Waals surface area contributed by atoms with Crippen molar-refractivity contribution in [3.8, 4) is 11.5 Å². The van der Waals surface area contributed by atoms with E-state index in [0.717, 1.165) is 5.75 Å². The van der Waals surface area contributed by atoms with E-state index in [9.17, 15) is 9.59 Å². The summed E-state index contributed by atoms with van der Waals surface area (Å²) >= 11 is 0. The van der Waals surface area contributed by atoms with Crippen molar-refractivity contribution in [2.75, 3.05) is 18.5 Å². The Morgan fingerprint density at radius 3 is 2.21 bits per heavy atom. The van der Waals surface area contributed by atoms with Crippen LogP contribution in [0.3, 0.4) is 0 Å². The zero-order valence-electron chi connectivity index (χ0n) is 19.5. The van der Waals surface area contributed by atoms with Crippen molar-refractivity contribution in [2.45, 2.75) is 27.3 Å². The molecule has 0 saturated carbocycles. The molecule has 7 nitrogen and oxygen atoms in total. The molecule has 0 saturated heterocycles. The summed E-state index contributed by atoms with van der Waals surface area (Å²) in [4.78, 5) is 27.9. The molecule has 3 aromatic rings. The highest BCUT2D eigenvalue weighted by atomic mass is 16.5. The Kier molecular flexibility index (Phi) is 7.01. The van der Waals surface area contributed by atoms with E-state index in [-0.39, 0.29) is 18.1 Å². The highest BCUT2D eigenvalue weighted by Gasteiger charge is 2.39. The molecule has 0 aliphatic carbocycles. The number of carbonyl (C=O) groups excluding carboxylic acids is 2. The molecule has 0 radical (unpaired) electrons. The minimum atomic E-state index is -0.412. The molecule has 176 valence electrons. The van der Waals surface area contributed by atoms with Gasteiger partial charge < -0.3 is 19.2 Å². The van der Waals surface area contributed by atoms with Crippen LogP contribution >= 0.6 is 0 Å². The molecule has 2 heterocycles. The number of hydrogen-bond donors (Lipinski definition) is 1. The van der Waals surface area contributed by atoms with E-state index in [2.05, 4.69) is 19.2 Å². The Morgan fingerprint density at radius 2 is 1.59 bits per heavy atom. The minimum Gasteiger partial charge on any atom is -0.494 e. The smallest absolute Gasteiger partial charge is 0.278 e. The third kappa shape index (κ3) is 5.14. The topological polar surface area (TPSA) is 81.0 Å². The number of imide groups is 1. The lowest BCUT2D eigenvalue weighted by Crippen LogP contribution is -2.31. The zero-order chi connectivity index (χ0) is 24.1. The molecule has 0 fully saturated rings. The van der Waals surface area contributed by atoms with Gasteiger partial charge in [-0.1, -0.05) is 26.0 Å². The Bertz CT molecular complexity index is 1160. The molecular formula is C27H28N2O5. The number of benzene rings is 2. The second kappa shape index (κ2) is 10.3. The first-order valence-corrected chi connectivity index (χ1v) is 11.3. The predicted molar refractivity (Wildman–Crippen MR) is 129 cm³/mol. The van der Waals surface area contributed by atoms with Crippen LogP contribution in [0.25, 0.3) is 5.57 Å². The molecule has 1 N–H and O–H groups in total. The van der Waals surface area contributed by atoms with Gasteiger partial charge in [-0.25, -0.2) is 0 Å². The van der Waals surface area contributed by atoms with Crippen molar-refractivity contribution in [1.29, 1.82) is 0 Å². The van der Waals surface area contributed by atoms with Gasteiger partial charge in [0.1, 0.15) is 23.0 Å². The monoisotopic (exact) mass is 460 g/mol. The first kappa shape index (κ1) is 23.2. The molecule has 0 atom stereocenters. The number of anilines is 1. The molecule has 1 aromatic heterocycles. The molecular weight excluding hydrogens is 432 g/mol. The molecule has 2 aromatic carbocycles. The predicted octanol–water partition coefficient (Wildman–Crippen LogP) is 5.11. The molecule has 2 amide bonds. The van der Waals surface area contributed by atoms with E-state index in [0.29, 0.717) is 47.5 Å². The maximum Gasteiger partial charge on any atom is 0.278 e. The van der Waals surface area contributed by atoms with Crippen LogP contribution in [0.4, 0.5) is 5.69 Å². The quantitative estimate of drug-likeness (QED) is 0.424. The lowest BCUT2D eigenvalue weighted by Gasteiger charge is -2.14. The van der Waals surface area contributed by atoms with Gasteiger partial charge in [0.15, 0.2) is 0 Å². The zero-order valence-corrected chi connectivity index (χ0v) is 19.5. The Labute approximate surface area is 199 Å². The molecule has 0 bridgehead atoms. The van der Waals surface area contributed by atoms with Crippen molar-refractivity contribution in [1.82, 2.24) is 4.90 Å². The van der Waals surface area contributed by atoms with Crippen LogP contribution in [0.1, 0.15) is 32.1 Å². The first-order valence-electron chi connectivity index (χ1n) is 11.3. The van der Waals surface area contributed by atoms with Gasteiger partial charge in [0.05, 0.1) is 31.6 Å². The summed E-state index contributed by atoms with van der Waals surface area (Å²) in [6.45, 7) is 7.29. The van der Waals surface area contributed by atoms with Crippen LogP contribution in [0.5, 0.6) is 11.5 Å². The fourth-order valence-electron chi connectivity index (χ4n) is 3.59. The van der Waals surface area contributed by atoms with Crippen molar-refractivity contribution in [3.63, 3.8) is 0 Å². The molecule has 0 unspecified atom stereocenters. The van der Waals surface area contributed by atoms with Crippen molar-refractivity contribution < 1.29 is 23.5 Å². The lowest BCUT2D eigenvalue weighted by atomic mass is 10.0. The lowest BCUT2D eigenvalue weighted by molar-refractivity contribution is -0.137. The van der Waals surface area contributed by atoms with Gasteiger partial charge in [-0.05, 0) is 66.9 Å². The summed E-state index contributed by atoms with van der Waals surface area (Å²) in [7, 11) is 0. The maximum atomic E-state index is 13.4. The molecule has 1 aliphatic rings. The number of rotatable bonds is 10. The van der Waals surface area contributed by atoms with Crippen LogP contribution in [-0.2, 0) is 16.1 Å². The highest BCUT2D eigenvalue weighted by molar-refractivity contribution is 6.36. The van der Waals surface area contributed by atoms with Crippen molar-refractivity contribution >= 4 is 23.1 Å². The Morgan fingerprint density at radius 1 is 0.912 bits per heavy atom. The van der Waals surface area contributed by atoms with Crippen molar-refractivity contribution in [3.05, 3.63) is 83.9 Å². The number of nitrogens with zero attached hydrogens (tertiary/aromatic N) is 1. The summed E-state index contributed by atoms with van der Waals surface area (Å²) in [5.74, 6) is 1.57. The SMILES string of the molecule is CCOc1ccc(NC2=C(c3ccc(OCC(C)C)cc3)C(=O)N(Cc3ccco3)C2=O)cc1. The molecule has 34 heavy (non-hydrogen) atoms. The number of furan rings is 1. The average molecular weight is 461 g/mol. The van der Waals surface area contributed by atoms with E-state index in [1.165, 1.54) is 11.2 Å². The van der Waals surface area contributed by atoms with Crippen LogP contribution in [-0.4, -0.2) is 29.9 Å². The Balaban J connectivity index is 1.65. The molecule has 1 aliphatic heterocycles. The van der Waals surface area contributed by atoms with Gasteiger partial charge in [-0.2, -0.15) is 0 Å². The normalized spacial score (nSPS) is 13.7. The second-order valence-electron chi connectivity index (χ2n) is 8.34. The maximum absolute atomic E-state index is 13.4. The van der Waals surface area contributed by atoms with Gasteiger partial charge in [0, 0.05) is 5.69 Å². The minimum absolute atomic E-state index is 0.0538. The number of nitrogens with one attached hydrogen (secondary N) is 1. The largest absolute Gasteiger partial charge is 0.494 e. The number of ether oxygens (including phenoxy) is 2. The summed E-state index contributed by atoms with van der Waals surface area (Å²) in [6.07, 6.45) is 1.52. The number of hydrogen-bond acceptors (Lipinski definition) is 6. The summed E-state index contributed by atoms with van der Waals surface area (Å²) < 4.78 is 16.6. The van der Waals surface area contributed by atoms with E-state index in [4.69, 9.17) is 13.9 Å². The van der Waals surface area contributed by atoms with Gasteiger partial charge in [-0.15, -0.1) is 0 Å². The fourth-order valence-corrected chi connectivity index (χ4v) is 3.59. The first-order chi connectivity index (χ1) is 16.5. The number of amides is 2. The van der Waals surface area contributed by atoms with Crippen LogP contribution < -0.4 is 14.8 Å². The van der Waals surface area contributed by atoms with Gasteiger partial charge in [0.2, 0.25) is 0 Å². The summed E-state index contributed by atoms with van der Waals surface area (Å²) in [6, 6.07) is 17.9. The van der Waals surface area contributed by atoms with Crippen LogP contribution in [0.2, 0.25) is 0 Å². The third-order valence-corrected chi connectivity index (χ3v) is 5.22. The van der Waals surface area contributed by atoms with Crippen LogP contribution in [0.15, 0.2) is 77.0 Å².